The summed E-state index contributed by atoms with van der Waals surface area (Å²) in [5.41, 5.74) is 2.18. The van der Waals surface area contributed by atoms with Gasteiger partial charge in [-0.25, -0.2) is 0 Å². The highest BCUT2D eigenvalue weighted by Crippen LogP contribution is 2.32. The van der Waals surface area contributed by atoms with Gasteiger partial charge in [0.05, 0.1) is 0 Å². The highest BCUT2D eigenvalue weighted by molar-refractivity contribution is 5.92. The fourth-order valence-corrected chi connectivity index (χ4v) is 3.18. The molecule has 1 N–H and O–H groups in total. The number of benzene rings is 1. The van der Waals surface area contributed by atoms with Crippen LogP contribution in [0, 0.1) is 6.92 Å². The number of hydrogen-bond acceptors (Lipinski definition) is 5. The predicted octanol–water partition coefficient (Wildman–Crippen LogP) is 3.14. The summed E-state index contributed by atoms with van der Waals surface area (Å²) in [7, 11) is 0. The molecule has 2 aromatic heterocycles. The van der Waals surface area contributed by atoms with Gasteiger partial charge in [-0.2, -0.15) is 10.1 Å². The Balaban J connectivity index is 1.61. The highest BCUT2D eigenvalue weighted by Gasteiger charge is 2.33. The molecule has 1 saturated heterocycles. The van der Waals surface area contributed by atoms with E-state index in [1.807, 2.05) is 37.3 Å². The molecule has 1 aromatic carbocycles. The Labute approximate surface area is 145 Å². The maximum atomic E-state index is 12.8. The fourth-order valence-electron chi connectivity index (χ4n) is 3.18. The van der Waals surface area contributed by atoms with Crippen molar-refractivity contribution in [2.75, 3.05) is 6.54 Å². The molecule has 7 heteroatoms. The minimum Gasteiger partial charge on any atom is -0.337 e. The number of nitrogens with zero attached hydrogens (tertiary/aromatic N) is 4. The monoisotopic (exact) mass is 337 g/mol. The Morgan fingerprint density at radius 2 is 2.12 bits per heavy atom. The first-order chi connectivity index (χ1) is 12.2. The van der Waals surface area contributed by atoms with Crippen molar-refractivity contribution in [1.29, 1.82) is 0 Å². The van der Waals surface area contributed by atoms with Crippen molar-refractivity contribution < 1.29 is 9.32 Å². The predicted molar refractivity (Wildman–Crippen MR) is 90.7 cm³/mol. The van der Waals surface area contributed by atoms with Crippen LogP contribution in [0.3, 0.4) is 0 Å². The van der Waals surface area contributed by atoms with E-state index >= 15 is 0 Å². The molecule has 0 radical (unpaired) electrons. The van der Waals surface area contributed by atoms with Gasteiger partial charge in [0, 0.05) is 17.8 Å². The van der Waals surface area contributed by atoms with Crippen LogP contribution in [0.4, 0.5) is 0 Å². The van der Waals surface area contributed by atoms with E-state index in [1.165, 1.54) is 0 Å². The second-order valence-electron chi connectivity index (χ2n) is 6.27. The maximum absolute atomic E-state index is 12.8. The first kappa shape index (κ1) is 15.6. The summed E-state index contributed by atoms with van der Waals surface area (Å²) in [6, 6.07) is 11.2. The van der Waals surface area contributed by atoms with Crippen molar-refractivity contribution in [2.45, 2.75) is 32.2 Å². The third-order valence-corrected chi connectivity index (χ3v) is 4.45. The van der Waals surface area contributed by atoms with E-state index in [0.29, 0.717) is 24.0 Å². The quantitative estimate of drug-likeness (QED) is 0.793. The summed E-state index contributed by atoms with van der Waals surface area (Å²) in [5.74, 6) is 0.928. The van der Waals surface area contributed by atoms with Gasteiger partial charge in [-0.3, -0.25) is 9.89 Å². The molecule has 1 aliphatic heterocycles. The molecule has 1 unspecified atom stereocenters. The molecule has 0 bridgehead atoms. The van der Waals surface area contributed by atoms with E-state index in [9.17, 15) is 4.79 Å². The molecular weight excluding hydrogens is 318 g/mol. The third kappa shape index (κ3) is 3.05. The Hall–Kier alpha value is -2.96. The third-order valence-electron chi connectivity index (χ3n) is 4.45. The highest BCUT2D eigenvalue weighted by atomic mass is 16.5. The minimum absolute atomic E-state index is 0.103. The van der Waals surface area contributed by atoms with E-state index in [4.69, 9.17) is 4.52 Å². The molecule has 0 aliphatic carbocycles. The molecule has 3 heterocycles. The van der Waals surface area contributed by atoms with Crippen molar-refractivity contribution in [3.8, 4) is 11.4 Å². The van der Waals surface area contributed by atoms with Gasteiger partial charge in [0.1, 0.15) is 11.7 Å². The second-order valence-corrected chi connectivity index (χ2v) is 6.27. The number of hydrogen-bond donors (Lipinski definition) is 1. The number of rotatable bonds is 3. The Morgan fingerprint density at radius 3 is 2.88 bits per heavy atom. The summed E-state index contributed by atoms with van der Waals surface area (Å²) in [5, 5.41) is 11.0. The van der Waals surface area contributed by atoms with Gasteiger partial charge in [-0.1, -0.05) is 35.5 Å². The van der Waals surface area contributed by atoms with E-state index in [1.54, 1.807) is 11.0 Å². The first-order valence-corrected chi connectivity index (χ1v) is 8.44. The van der Waals surface area contributed by atoms with Crippen molar-refractivity contribution in [3.63, 3.8) is 0 Å². The van der Waals surface area contributed by atoms with E-state index < -0.39 is 0 Å². The number of carbonyl (C=O) groups excluding carboxylic acids is 1. The molecule has 0 spiro atoms. The second kappa shape index (κ2) is 6.51. The van der Waals surface area contributed by atoms with Crippen LogP contribution in [0.1, 0.15) is 47.4 Å². The van der Waals surface area contributed by atoms with Crippen LogP contribution < -0.4 is 0 Å². The Morgan fingerprint density at radius 1 is 1.28 bits per heavy atom. The normalized spacial score (nSPS) is 17.6. The lowest BCUT2D eigenvalue weighted by Gasteiger charge is -2.32. The van der Waals surface area contributed by atoms with Gasteiger partial charge in [0.15, 0.2) is 0 Å². The van der Waals surface area contributed by atoms with Crippen LogP contribution >= 0.6 is 0 Å². The zero-order valence-corrected chi connectivity index (χ0v) is 14.0. The zero-order valence-electron chi connectivity index (χ0n) is 14.0. The average molecular weight is 337 g/mol. The lowest BCUT2D eigenvalue weighted by atomic mass is 10.0. The summed E-state index contributed by atoms with van der Waals surface area (Å²) >= 11 is 0. The molecule has 128 valence electrons. The number of carbonyl (C=O) groups is 1. The van der Waals surface area contributed by atoms with Crippen molar-refractivity contribution >= 4 is 5.91 Å². The van der Waals surface area contributed by atoms with E-state index in [2.05, 4.69) is 20.3 Å². The standard InChI is InChI=1S/C18H19N5O2/c1-12-11-14(21-20-12)18(24)23-10-6-5-9-15(23)17-19-16(22-25-17)13-7-3-2-4-8-13/h2-4,7-8,11,15H,5-6,9-10H2,1H3,(H,20,21). The van der Waals surface area contributed by atoms with Crippen molar-refractivity contribution in [1.82, 2.24) is 25.2 Å². The number of amides is 1. The van der Waals surface area contributed by atoms with E-state index in [0.717, 1.165) is 30.5 Å². The SMILES string of the molecule is Cc1cc(C(=O)N2CCCCC2c2nc(-c3ccccc3)no2)n[nH]1. The van der Waals surface area contributed by atoms with Gasteiger partial charge in [0.2, 0.25) is 11.7 Å². The van der Waals surface area contributed by atoms with Gasteiger partial charge in [-0.15, -0.1) is 0 Å². The van der Waals surface area contributed by atoms with Gasteiger partial charge >= 0.3 is 0 Å². The molecular formula is C18H19N5O2. The lowest BCUT2D eigenvalue weighted by molar-refractivity contribution is 0.0555. The number of aromatic amines is 1. The summed E-state index contributed by atoms with van der Waals surface area (Å²) in [6.45, 7) is 2.54. The Kier molecular flexibility index (Phi) is 4.05. The number of likely N-dealkylation sites (tertiary alicyclic amines) is 1. The van der Waals surface area contributed by atoms with E-state index in [-0.39, 0.29) is 11.9 Å². The van der Waals surface area contributed by atoms with Gasteiger partial charge < -0.3 is 9.42 Å². The largest absolute Gasteiger partial charge is 0.337 e. The average Bonchev–Trinajstić information content (AvgIpc) is 3.31. The molecule has 0 saturated carbocycles. The van der Waals surface area contributed by atoms with Gasteiger partial charge in [0.25, 0.3) is 5.91 Å². The smallest absolute Gasteiger partial charge is 0.275 e. The number of aromatic nitrogens is 4. The summed E-state index contributed by atoms with van der Waals surface area (Å²) < 4.78 is 5.50. The molecule has 1 fully saturated rings. The lowest BCUT2D eigenvalue weighted by Crippen LogP contribution is -2.38. The molecule has 4 rings (SSSR count). The maximum Gasteiger partial charge on any atom is 0.275 e. The van der Waals surface area contributed by atoms with Crippen molar-refractivity contribution in [3.05, 3.63) is 53.7 Å². The van der Waals surface area contributed by atoms with Gasteiger partial charge in [-0.05, 0) is 32.3 Å². The number of piperidine rings is 1. The summed E-state index contributed by atoms with van der Waals surface area (Å²) in [6.07, 6.45) is 2.80. The first-order valence-electron chi connectivity index (χ1n) is 8.44. The molecule has 7 nitrogen and oxygen atoms in total. The molecule has 25 heavy (non-hydrogen) atoms. The molecule has 1 atom stereocenters. The number of H-pyrrole nitrogens is 1. The molecule has 1 amide bonds. The Bertz CT molecular complexity index is 870. The molecule has 3 aromatic rings. The fraction of sp³-hybridized carbons (Fsp3) is 0.333. The van der Waals surface area contributed by atoms with Crippen LogP contribution in [-0.2, 0) is 0 Å². The molecule has 1 aliphatic rings. The minimum atomic E-state index is -0.205. The van der Waals surface area contributed by atoms with Crippen molar-refractivity contribution in [2.24, 2.45) is 0 Å². The summed E-state index contributed by atoms with van der Waals surface area (Å²) in [4.78, 5) is 19.2. The van der Waals surface area contributed by atoms with Crippen LogP contribution in [0.2, 0.25) is 0 Å². The topological polar surface area (TPSA) is 87.9 Å². The number of aryl methyl sites for hydroxylation is 1. The van der Waals surface area contributed by atoms with Crippen LogP contribution in [0.5, 0.6) is 0 Å². The van der Waals surface area contributed by atoms with Crippen LogP contribution in [0.15, 0.2) is 40.9 Å². The number of nitrogens with one attached hydrogen (secondary N) is 1. The van der Waals surface area contributed by atoms with Crippen LogP contribution in [-0.4, -0.2) is 37.7 Å². The zero-order chi connectivity index (χ0) is 17.2. The van der Waals surface area contributed by atoms with Crippen LogP contribution in [0.25, 0.3) is 11.4 Å².